The van der Waals surface area contributed by atoms with Gasteiger partial charge in [-0.1, -0.05) is 13.8 Å². The first kappa shape index (κ1) is 14.6. The molecule has 0 aliphatic heterocycles. The number of hydrogen-bond donors (Lipinski definition) is 1. The number of rotatable bonds is 7. The van der Waals surface area contributed by atoms with E-state index >= 15 is 0 Å². The predicted octanol–water partition coefficient (Wildman–Crippen LogP) is 1.77. The average Bonchev–Trinajstić information content (AvgIpc) is 2.35. The van der Waals surface area contributed by atoms with E-state index in [-0.39, 0.29) is 0 Å². The number of anilines is 2. The number of methoxy groups -OCH3 is 1. The van der Waals surface area contributed by atoms with Gasteiger partial charge in [0.05, 0.1) is 12.8 Å². The highest BCUT2D eigenvalue weighted by molar-refractivity contribution is 5.43. The molecule has 18 heavy (non-hydrogen) atoms. The van der Waals surface area contributed by atoms with Crippen LogP contribution in [0.3, 0.4) is 0 Å². The molecule has 102 valence electrons. The summed E-state index contributed by atoms with van der Waals surface area (Å²) < 4.78 is 18.8. The maximum absolute atomic E-state index is 13.8. The zero-order chi connectivity index (χ0) is 13.5. The molecule has 0 spiro atoms. The van der Waals surface area contributed by atoms with Crippen molar-refractivity contribution in [1.29, 1.82) is 0 Å². The third kappa shape index (κ3) is 4.10. The molecule has 0 atom stereocenters. The minimum Gasteiger partial charge on any atom is -0.383 e. The van der Waals surface area contributed by atoms with Crippen molar-refractivity contribution in [3.63, 3.8) is 0 Å². The molecule has 0 unspecified atom stereocenters. The smallest absolute Gasteiger partial charge is 0.224 e. The van der Waals surface area contributed by atoms with Crippen LogP contribution in [0.2, 0.25) is 0 Å². The quantitative estimate of drug-likeness (QED) is 0.805. The lowest BCUT2D eigenvalue weighted by atomic mass is 10.2. The Bertz CT molecular complexity index is 373. The van der Waals surface area contributed by atoms with Crippen molar-refractivity contribution in [3.05, 3.63) is 12.0 Å². The summed E-state index contributed by atoms with van der Waals surface area (Å²) in [5.74, 6) is 0.734. The second-order valence-electron chi connectivity index (χ2n) is 4.45. The molecule has 1 aromatic heterocycles. The van der Waals surface area contributed by atoms with Crippen LogP contribution in [0.25, 0.3) is 0 Å². The van der Waals surface area contributed by atoms with E-state index in [1.54, 1.807) is 14.2 Å². The van der Waals surface area contributed by atoms with E-state index < -0.39 is 5.82 Å². The summed E-state index contributed by atoms with van der Waals surface area (Å²) in [4.78, 5) is 9.90. The Balaban J connectivity index is 2.94. The highest BCUT2D eigenvalue weighted by Crippen LogP contribution is 2.18. The van der Waals surface area contributed by atoms with E-state index in [1.807, 2.05) is 4.90 Å². The minimum atomic E-state index is -0.411. The normalized spacial score (nSPS) is 10.8. The maximum atomic E-state index is 13.8. The zero-order valence-corrected chi connectivity index (χ0v) is 11.4. The van der Waals surface area contributed by atoms with Gasteiger partial charge in [0.1, 0.15) is 0 Å². The Morgan fingerprint density at radius 1 is 1.50 bits per heavy atom. The second-order valence-corrected chi connectivity index (χ2v) is 4.45. The van der Waals surface area contributed by atoms with Gasteiger partial charge in [-0.25, -0.2) is 9.37 Å². The molecular formula is C12H21FN4O. The molecule has 6 heteroatoms. The number of halogens is 1. The zero-order valence-electron chi connectivity index (χ0n) is 11.4. The van der Waals surface area contributed by atoms with Crippen LogP contribution in [-0.2, 0) is 4.74 Å². The summed E-state index contributed by atoms with van der Waals surface area (Å²) >= 11 is 0. The molecule has 0 amide bonds. The Morgan fingerprint density at radius 3 is 2.78 bits per heavy atom. The molecule has 0 saturated heterocycles. The first-order valence-electron chi connectivity index (χ1n) is 6.02. The second kappa shape index (κ2) is 7.10. The molecule has 1 rings (SSSR count). The van der Waals surface area contributed by atoms with Crippen molar-refractivity contribution >= 4 is 11.8 Å². The first-order valence-corrected chi connectivity index (χ1v) is 6.02. The molecule has 0 aliphatic carbocycles. The summed E-state index contributed by atoms with van der Waals surface area (Å²) in [5.41, 5.74) is 0. The van der Waals surface area contributed by atoms with E-state index in [9.17, 15) is 4.39 Å². The van der Waals surface area contributed by atoms with Crippen molar-refractivity contribution in [2.75, 3.05) is 44.1 Å². The molecule has 1 aromatic rings. The number of nitrogens with zero attached hydrogens (tertiary/aromatic N) is 3. The molecule has 0 aromatic carbocycles. The van der Waals surface area contributed by atoms with E-state index in [0.717, 1.165) is 6.54 Å². The van der Waals surface area contributed by atoms with Gasteiger partial charge >= 0.3 is 0 Å². The lowest BCUT2D eigenvalue weighted by Gasteiger charge is -2.25. The van der Waals surface area contributed by atoms with Crippen LogP contribution in [0, 0.1) is 11.7 Å². The summed E-state index contributed by atoms with van der Waals surface area (Å²) in [6.45, 7) is 6.02. The van der Waals surface area contributed by atoms with Crippen LogP contribution >= 0.6 is 0 Å². The first-order chi connectivity index (χ1) is 8.58. The van der Waals surface area contributed by atoms with Crippen molar-refractivity contribution in [3.8, 4) is 0 Å². The van der Waals surface area contributed by atoms with Crippen LogP contribution < -0.4 is 10.2 Å². The van der Waals surface area contributed by atoms with Gasteiger partial charge in [0.25, 0.3) is 0 Å². The lowest BCUT2D eigenvalue weighted by molar-refractivity contribution is 0.204. The highest BCUT2D eigenvalue weighted by Gasteiger charge is 2.15. The van der Waals surface area contributed by atoms with Crippen LogP contribution in [0.1, 0.15) is 13.8 Å². The molecule has 1 N–H and O–H groups in total. The van der Waals surface area contributed by atoms with E-state index in [0.29, 0.717) is 30.8 Å². The van der Waals surface area contributed by atoms with Gasteiger partial charge in [0.15, 0.2) is 11.6 Å². The van der Waals surface area contributed by atoms with Crippen LogP contribution in [-0.4, -0.2) is 43.8 Å². The fourth-order valence-corrected chi connectivity index (χ4v) is 1.63. The standard InChI is InChI=1S/C12H21FN4O/c1-9(2)8-17(5-6-18-4)11-10(13)7-15-12(14-3)16-11/h7,9H,5-6,8H2,1-4H3,(H,14,15,16). The molecule has 0 radical (unpaired) electrons. The fourth-order valence-electron chi connectivity index (χ4n) is 1.63. The van der Waals surface area contributed by atoms with Crippen LogP contribution in [0.5, 0.6) is 0 Å². The van der Waals surface area contributed by atoms with Gasteiger partial charge in [-0.15, -0.1) is 0 Å². The number of nitrogens with one attached hydrogen (secondary N) is 1. The van der Waals surface area contributed by atoms with E-state index in [4.69, 9.17) is 4.74 Å². The van der Waals surface area contributed by atoms with Crippen molar-refractivity contribution < 1.29 is 9.13 Å². The van der Waals surface area contributed by atoms with Gasteiger partial charge in [-0.05, 0) is 5.92 Å². The van der Waals surface area contributed by atoms with Gasteiger partial charge in [-0.2, -0.15) is 4.98 Å². The summed E-state index contributed by atoms with van der Waals surface area (Å²) in [5, 5.41) is 2.81. The van der Waals surface area contributed by atoms with E-state index in [1.165, 1.54) is 6.20 Å². The summed E-state index contributed by atoms with van der Waals surface area (Å²) in [6, 6.07) is 0. The van der Waals surface area contributed by atoms with Gasteiger partial charge in [0.2, 0.25) is 5.95 Å². The van der Waals surface area contributed by atoms with Gasteiger partial charge in [0, 0.05) is 27.2 Å². The monoisotopic (exact) mass is 256 g/mol. The van der Waals surface area contributed by atoms with Crippen molar-refractivity contribution in [2.45, 2.75) is 13.8 Å². The number of ether oxygens (including phenoxy) is 1. The summed E-state index contributed by atoms with van der Waals surface area (Å²) in [7, 11) is 3.34. The Hall–Kier alpha value is -1.43. The van der Waals surface area contributed by atoms with Crippen molar-refractivity contribution in [2.24, 2.45) is 5.92 Å². The summed E-state index contributed by atoms with van der Waals surface area (Å²) in [6.07, 6.45) is 1.19. The van der Waals surface area contributed by atoms with E-state index in [2.05, 4.69) is 29.1 Å². The molecule has 5 nitrogen and oxygen atoms in total. The topological polar surface area (TPSA) is 50.3 Å². The Morgan fingerprint density at radius 2 is 2.22 bits per heavy atom. The third-order valence-corrected chi connectivity index (χ3v) is 2.40. The SMILES string of the molecule is CNc1ncc(F)c(N(CCOC)CC(C)C)n1. The Kier molecular flexibility index (Phi) is 5.77. The maximum Gasteiger partial charge on any atom is 0.224 e. The van der Waals surface area contributed by atoms with Gasteiger partial charge < -0.3 is 15.0 Å². The number of hydrogen-bond acceptors (Lipinski definition) is 5. The van der Waals surface area contributed by atoms with Crippen LogP contribution in [0.4, 0.5) is 16.2 Å². The van der Waals surface area contributed by atoms with Crippen molar-refractivity contribution in [1.82, 2.24) is 9.97 Å². The molecule has 0 bridgehead atoms. The average molecular weight is 256 g/mol. The number of aromatic nitrogens is 2. The minimum absolute atomic E-state index is 0.320. The molecule has 0 saturated carbocycles. The molecule has 1 heterocycles. The fraction of sp³-hybridized carbons (Fsp3) is 0.667. The lowest BCUT2D eigenvalue weighted by Crippen LogP contribution is -2.32. The molecular weight excluding hydrogens is 235 g/mol. The highest BCUT2D eigenvalue weighted by atomic mass is 19.1. The Labute approximate surface area is 107 Å². The molecule has 0 aliphatic rings. The largest absolute Gasteiger partial charge is 0.383 e. The third-order valence-electron chi connectivity index (χ3n) is 2.40. The predicted molar refractivity (Wildman–Crippen MR) is 70.5 cm³/mol. The van der Waals surface area contributed by atoms with Gasteiger partial charge in [-0.3, -0.25) is 0 Å². The molecule has 0 fully saturated rings. The van der Waals surface area contributed by atoms with Crippen LogP contribution in [0.15, 0.2) is 6.20 Å².